The highest BCUT2D eigenvalue weighted by Crippen LogP contribution is 2.44. The highest BCUT2D eigenvalue weighted by atomic mass is 32.2. The van der Waals surface area contributed by atoms with Crippen molar-refractivity contribution in [3.63, 3.8) is 0 Å². The maximum absolute atomic E-state index is 4.16. The number of hydrogen-bond acceptors (Lipinski definition) is 3. The summed E-state index contributed by atoms with van der Waals surface area (Å²) in [6.07, 6.45) is 9.70. The van der Waals surface area contributed by atoms with Gasteiger partial charge in [0, 0.05) is 24.3 Å². The van der Waals surface area contributed by atoms with E-state index in [1.807, 2.05) is 30.6 Å². The number of aromatic nitrogens is 1. The molecule has 1 aliphatic rings. The Labute approximate surface area is 100 Å². The van der Waals surface area contributed by atoms with Gasteiger partial charge in [-0.2, -0.15) is 0 Å². The number of fused-ring (bicyclic) bond motifs is 1. The minimum atomic E-state index is 1.18. The lowest BCUT2D eigenvalue weighted by molar-refractivity contribution is 1.06. The average molecular weight is 230 g/mol. The Kier molecular flexibility index (Phi) is 3.15. The lowest BCUT2D eigenvalue weighted by Gasteiger charge is -2.31. The first-order valence-electron chi connectivity index (χ1n) is 5.13. The van der Waals surface area contributed by atoms with Crippen molar-refractivity contribution >= 4 is 17.4 Å². The van der Waals surface area contributed by atoms with E-state index in [2.05, 4.69) is 36.5 Å². The lowest BCUT2D eigenvalue weighted by Crippen LogP contribution is -2.21. The highest BCUT2D eigenvalue weighted by Gasteiger charge is 2.21. The monoisotopic (exact) mass is 230 g/mol. The second kappa shape index (κ2) is 4.58. The summed E-state index contributed by atoms with van der Waals surface area (Å²) in [5.41, 5.74) is 2.37. The largest absolute Gasteiger partial charge is 0.343 e. The summed E-state index contributed by atoms with van der Waals surface area (Å²) in [5, 5.41) is 0. The van der Waals surface area contributed by atoms with E-state index in [0.29, 0.717) is 0 Å². The molecule has 2 nitrogen and oxygen atoms in total. The van der Waals surface area contributed by atoms with Crippen molar-refractivity contribution in [1.29, 1.82) is 0 Å². The maximum Gasteiger partial charge on any atom is 0.0581 e. The molecule has 0 fully saturated rings. The summed E-state index contributed by atoms with van der Waals surface area (Å²) in [5.74, 6) is 0. The van der Waals surface area contributed by atoms with E-state index in [9.17, 15) is 0 Å². The van der Waals surface area contributed by atoms with Crippen LogP contribution in [0.2, 0.25) is 0 Å². The molecule has 3 heteroatoms. The normalized spacial score (nSPS) is 20.0. The van der Waals surface area contributed by atoms with Crippen LogP contribution in [0.3, 0.4) is 0 Å². The summed E-state index contributed by atoms with van der Waals surface area (Å²) in [4.78, 5) is 8.76. The van der Waals surface area contributed by atoms with E-state index in [0.717, 1.165) is 0 Å². The van der Waals surface area contributed by atoms with Crippen LogP contribution in [0, 0.1) is 0 Å². The molecular formula is C13H14N2S. The minimum absolute atomic E-state index is 1.18. The third-order valence-electron chi connectivity index (χ3n) is 2.50. The first-order valence-corrected chi connectivity index (χ1v) is 5.94. The molecule has 0 amide bonds. The molecule has 0 N–H and O–H groups in total. The highest BCUT2D eigenvalue weighted by molar-refractivity contribution is 8.03. The fourth-order valence-electron chi connectivity index (χ4n) is 1.71. The molecule has 2 rings (SSSR count). The molecule has 0 bridgehead atoms. The zero-order valence-electron chi connectivity index (χ0n) is 9.47. The Hall–Kier alpha value is -1.48. The lowest BCUT2D eigenvalue weighted by atomic mass is 10.2. The average Bonchev–Trinajstić information content (AvgIpc) is 2.33. The van der Waals surface area contributed by atoms with Gasteiger partial charge in [-0.25, -0.2) is 0 Å². The molecule has 2 heterocycles. The van der Waals surface area contributed by atoms with Crippen molar-refractivity contribution in [2.75, 3.05) is 11.9 Å². The number of thioether (sulfide) groups is 1. The van der Waals surface area contributed by atoms with Crippen LogP contribution < -0.4 is 4.90 Å². The van der Waals surface area contributed by atoms with Gasteiger partial charge in [0.25, 0.3) is 0 Å². The molecule has 1 aliphatic heterocycles. The maximum atomic E-state index is 4.16. The second-order valence-corrected chi connectivity index (χ2v) is 4.53. The van der Waals surface area contributed by atoms with Gasteiger partial charge in [0.15, 0.2) is 0 Å². The van der Waals surface area contributed by atoms with Crippen LogP contribution in [0.5, 0.6) is 0 Å². The summed E-state index contributed by atoms with van der Waals surface area (Å²) >= 11 is 1.75. The molecule has 16 heavy (non-hydrogen) atoms. The molecular weight excluding hydrogens is 216 g/mol. The first-order chi connectivity index (χ1) is 7.77. The number of allylic oxidation sites excluding steroid dienone is 3. The third-order valence-corrected chi connectivity index (χ3v) is 3.69. The molecule has 82 valence electrons. The first kappa shape index (κ1) is 11.0. The number of rotatable bonds is 1. The van der Waals surface area contributed by atoms with E-state index in [4.69, 9.17) is 0 Å². The van der Waals surface area contributed by atoms with Gasteiger partial charge in [-0.3, -0.25) is 4.98 Å². The molecule has 0 radical (unpaired) electrons. The topological polar surface area (TPSA) is 16.1 Å². The van der Waals surface area contributed by atoms with E-state index < -0.39 is 0 Å². The van der Waals surface area contributed by atoms with Gasteiger partial charge in [0.1, 0.15) is 0 Å². The number of likely N-dealkylation sites (N-methyl/N-ethyl adjacent to an activating group) is 1. The molecule has 0 unspecified atom stereocenters. The summed E-state index contributed by atoms with van der Waals surface area (Å²) < 4.78 is 0. The van der Waals surface area contributed by atoms with E-state index in [1.54, 1.807) is 11.8 Å². The third kappa shape index (κ3) is 1.78. The number of pyridine rings is 1. The van der Waals surface area contributed by atoms with Crippen LogP contribution in [0.25, 0.3) is 0 Å². The number of hydrogen-bond donors (Lipinski definition) is 0. The van der Waals surface area contributed by atoms with Gasteiger partial charge in [-0.05, 0) is 19.1 Å². The van der Waals surface area contributed by atoms with Gasteiger partial charge < -0.3 is 4.90 Å². The van der Waals surface area contributed by atoms with Crippen molar-refractivity contribution in [2.45, 2.75) is 11.8 Å². The van der Waals surface area contributed by atoms with Crippen molar-refractivity contribution in [1.82, 2.24) is 4.98 Å². The Morgan fingerprint density at radius 1 is 1.50 bits per heavy atom. The van der Waals surface area contributed by atoms with E-state index in [-0.39, 0.29) is 0 Å². The minimum Gasteiger partial charge on any atom is -0.343 e. The van der Waals surface area contributed by atoms with Gasteiger partial charge >= 0.3 is 0 Å². The van der Waals surface area contributed by atoms with E-state index in [1.165, 1.54) is 21.2 Å². The predicted molar refractivity (Wildman–Crippen MR) is 70.5 cm³/mol. The Bertz CT molecular complexity index is 475. The predicted octanol–water partition coefficient (Wildman–Crippen LogP) is 3.60. The van der Waals surface area contributed by atoms with Crippen LogP contribution in [0.1, 0.15) is 6.92 Å². The summed E-state index contributed by atoms with van der Waals surface area (Å²) in [6.45, 7) is 5.81. The van der Waals surface area contributed by atoms with Crippen LogP contribution in [0.4, 0.5) is 5.69 Å². The molecule has 0 saturated heterocycles. The SMILES string of the molecule is C=CC=C1/C(=C\C)Sc2cnccc2N1C. The molecule has 0 aliphatic carbocycles. The fraction of sp³-hybridized carbons (Fsp3) is 0.154. The molecule has 1 aromatic rings. The van der Waals surface area contributed by atoms with Gasteiger partial charge in [-0.15, -0.1) is 0 Å². The fourth-order valence-corrected chi connectivity index (χ4v) is 2.79. The van der Waals surface area contributed by atoms with Crippen LogP contribution in [0.15, 0.2) is 58.8 Å². The van der Waals surface area contributed by atoms with Crippen molar-refractivity contribution in [3.8, 4) is 0 Å². The summed E-state index contributed by atoms with van der Waals surface area (Å²) in [6, 6.07) is 2.03. The van der Waals surface area contributed by atoms with Gasteiger partial charge in [-0.1, -0.05) is 30.5 Å². The number of nitrogens with zero attached hydrogens (tertiary/aromatic N) is 2. The Balaban J connectivity index is 2.55. The van der Waals surface area contributed by atoms with Gasteiger partial charge in [0.2, 0.25) is 0 Å². The smallest absolute Gasteiger partial charge is 0.0581 e. The molecule has 0 saturated carbocycles. The zero-order valence-corrected chi connectivity index (χ0v) is 10.3. The Morgan fingerprint density at radius 2 is 2.31 bits per heavy atom. The molecule has 0 atom stereocenters. The van der Waals surface area contributed by atoms with Crippen LogP contribution in [-0.2, 0) is 0 Å². The molecule has 0 aromatic carbocycles. The van der Waals surface area contributed by atoms with Crippen molar-refractivity contribution in [2.24, 2.45) is 0 Å². The van der Waals surface area contributed by atoms with Crippen molar-refractivity contribution < 1.29 is 0 Å². The quantitative estimate of drug-likeness (QED) is 0.733. The van der Waals surface area contributed by atoms with E-state index >= 15 is 0 Å². The molecule has 0 spiro atoms. The van der Waals surface area contributed by atoms with Crippen molar-refractivity contribution in [3.05, 3.63) is 53.9 Å². The van der Waals surface area contributed by atoms with Crippen LogP contribution in [-0.4, -0.2) is 12.0 Å². The summed E-state index contributed by atoms with van der Waals surface area (Å²) in [7, 11) is 2.07. The zero-order chi connectivity index (χ0) is 11.5. The second-order valence-electron chi connectivity index (χ2n) is 3.45. The van der Waals surface area contributed by atoms with Gasteiger partial charge in [0.05, 0.1) is 16.3 Å². The standard InChI is InChI=1S/C13H14N2S/c1-4-6-10-12(5-2)16-13-9-14-8-7-11(13)15(10)3/h4-9H,1H2,2-3H3/b10-6?,12-5+. The molecule has 1 aromatic heterocycles. The Morgan fingerprint density at radius 3 is 3.00 bits per heavy atom. The number of anilines is 1. The van der Waals surface area contributed by atoms with Crippen LogP contribution >= 0.6 is 11.8 Å².